The first kappa shape index (κ1) is 16.5. The third kappa shape index (κ3) is 4.83. The van der Waals surface area contributed by atoms with Crippen LogP contribution in [0, 0.1) is 0 Å². The molecule has 2 rings (SSSR count). The molecule has 0 bridgehead atoms. The van der Waals surface area contributed by atoms with Crippen molar-refractivity contribution in [2.24, 2.45) is 0 Å². The maximum Gasteiger partial charge on any atom is 0.126 e. The van der Waals surface area contributed by atoms with Gasteiger partial charge in [-0.15, -0.1) is 0 Å². The first-order valence-corrected chi connectivity index (χ1v) is 8.26. The fourth-order valence-corrected chi connectivity index (χ4v) is 3.00. The number of nitrogens with zero attached hydrogens (tertiary/aromatic N) is 3. The molecule has 1 saturated heterocycles. The van der Waals surface area contributed by atoms with Gasteiger partial charge in [-0.1, -0.05) is 18.5 Å². The van der Waals surface area contributed by atoms with Crippen LogP contribution in [0.4, 0.5) is 5.82 Å². The zero-order chi connectivity index (χ0) is 15.2. The van der Waals surface area contributed by atoms with Gasteiger partial charge in [0.15, 0.2) is 0 Å². The number of aromatic nitrogens is 1. The molecule has 0 amide bonds. The molecule has 5 heteroatoms. The fraction of sp³-hybridized carbons (Fsp3) is 0.688. The number of pyridine rings is 1. The summed E-state index contributed by atoms with van der Waals surface area (Å²) < 4.78 is 0. The predicted molar refractivity (Wildman–Crippen MR) is 90.0 cm³/mol. The largest absolute Gasteiger partial charge is 0.370 e. The molecule has 1 atom stereocenters. The lowest BCUT2D eigenvalue weighted by Crippen LogP contribution is -2.36. The lowest BCUT2D eigenvalue weighted by Gasteiger charge is -2.25. The van der Waals surface area contributed by atoms with E-state index in [9.17, 15) is 0 Å². The van der Waals surface area contributed by atoms with Gasteiger partial charge in [-0.2, -0.15) is 0 Å². The molecule has 2 heterocycles. The first-order valence-electron chi connectivity index (χ1n) is 7.88. The summed E-state index contributed by atoms with van der Waals surface area (Å²) in [7, 11) is 4.36. The molecule has 1 aromatic heterocycles. The summed E-state index contributed by atoms with van der Waals surface area (Å²) in [5, 5.41) is 4.07. The van der Waals surface area contributed by atoms with Crippen LogP contribution in [0.2, 0.25) is 5.02 Å². The van der Waals surface area contributed by atoms with E-state index in [0.29, 0.717) is 6.04 Å². The Morgan fingerprint density at radius 3 is 2.95 bits per heavy atom. The van der Waals surface area contributed by atoms with Gasteiger partial charge in [0, 0.05) is 25.7 Å². The van der Waals surface area contributed by atoms with Crippen LogP contribution in [0.3, 0.4) is 0 Å². The summed E-state index contributed by atoms with van der Waals surface area (Å²) in [6, 6.07) is 4.55. The number of halogens is 1. The van der Waals surface area contributed by atoms with E-state index in [-0.39, 0.29) is 0 Å². The molecule has 0 radical (unpaired) electrons. The summed E-state index contributed by atoms with van der Waals surface area (Å²) >= 11 is 6.29. The minimum Gasteiger partial charge on any atom is -0.370 e. The second-order valence-electron chi connectivity index (χ2n) is 6.03. The van der Waals surface area contributed by atoms with E-state index in [0.717, 1.165) is 42.6 Å². The molecule has 21 heavy (non-hydrogen) atoms. The summed E-state index contributed by atoms with van der Waals surface area (Å²) in [4.78, 5) is 9.42. The highest BCUT2D eigenvalue weighted by molar-refractivity contribution is 6.31. The molecule has 0 spiro atoms. The van der Waals surface area contributed by atoms with Gasteiger partial charge in [-0.3, -0.25) is 4.90 Å². The zero-order valence-corrected chi connectivity index (χ0v) is 14.2. The standard InChI is InChI=1S/C16H27ClN4/c1-4-9-18-16-8-7-14(17)15(19-16)12-20(2)11-13-6-5-10-21(13)3/h7-8,13H,4-6,9-12H2,1-3H3,(H,18,19). The van der Waals surface area contributed by atoms with E-state index in [1.165, 1.54) is 19.4 Å². The molecule has 118 valence electrons. The fourth-order valence-electron chi connectivity index (χ4n) is 2.84. The van der Waals surface area contributed by atoms with E-state index < -0.39 is 0 Å². The maximum absolute atomic E-state index is 6.29. The van der Waals surface area contributed by atoms with Gasteiger partial charge in [-0.05, 0) is 52.0 Å². The quantitative estimate of drug-likeness (QED) is 0.838. The molecule has 0 saturated carbocycles. The average Bonchev–Trinajstić information content (AvgIpc) is 2.85. The number of rotatable bonds is 7. The number of nitrogens with one attached hydrogen (secondary N) is 1. The van der Waals surface area contributed by atoms with Crippen LogP contribution in [0.25, 0.3) is 0 Å². The number of hydrogen-bond donors (Lipinski definition) is 1. The molecule has 1 aliphatic rings. The van der Waals surface area contributed by atoms with Crippen molar-refractivity contribution < 1.29 is 0 Å². The predicted octanol–water partition coefficient (Wildman–Crippen LogP) is 3.08. The molecule has 1 unspecified atom stereocenters. The number of anilines is 1. The number of likely N-dealkylation sites (N-methyl/N-ethyl adjacent to an activating group) is 2. The van der Waals surface area contributed by atoms with E-state index in [2.05, 4.69) is 41.1 Å². The van der Waals surface area contributed by atoms with Gasteiger partial charge in [-0.25, -0.2) is 4.98 Å². The van der Waals surface area contributed by atoms with Crippen LogP contribution in [0.15, 0.2) is 12.1 Å². The van der Waals surface area contributed by atoms with Crippen molar-refractivity contribution in [3.8, 4) is 0 Å². The maximum atomic E-state index is 6.29. The van der Waals surface area contributed by atoms with Crippen molar-refractivity contribution >= 4 is 17.4 Å². The molecular formula is C16H27ClN4. The highest BCUT2D eigenvalue weighted by atomic mass is 35.5. The first-order chi connectivity index (χ1) is 10.1. The van der Waals surface area contributed by atoms with Crippen LogP contribution < -0.4 is 5.32 Å². The van der Waals surface area contributed by atoms with Gasteiger partial charge in [0.1, 0.15) is 5.82 Å². The van der Waals surface area contributed by atoms with Crippen LogP contribution in [0.1, 0.15) is 31.9 Å². The molecule has 0 aliphatic carbocycles. The number of likely N-dealkylation sites (tertiary alicyclic amines) is 1. The van der Waals surface area contributed by atoms with Crippen molar-refractivity contribution in [1.82, 2.24) is 14.8 Å². The van der Waals surface area contributed by atoms with Crippen molar-refractivity contribution in [3.05, 3.63) is 22.8 Å². The molecule has 1 aliphatic heterocycles. The van der Waals surface area contributed by atoms with Gasteiger partial charge < -0.3 is 10.2 Å². The molecule has 1 aromatic rings. The van der Waals surface area contributed by atoms with Crippen molar-refractivity contribution in [2.75, 3.05) is 39.0 Å². The van der Waals surface area contributed by atoms with Crippen LogP contribution in [0.5, 0.6) is 0 Å². The molecule has 1 fully saturated rings. The Labute approximate surface area is 133 Å². The van der Waals surface area contributed by atoms with Gasteiger partial charge >= 0.3 is 0 Å². The Hall–Kier alpha value is -0.840. The van der Waals surface area contributed by atoms with E-state index in [1.807, 2.05) is 12.1 Å². The summed E-state index contributed by atoms with van der Waals surface area (Å²) in [5.41, 5.74) is 0.959. The van der Waals surface area contributed by atoms with Gasteiger partial charge in [0.25, 0.3) is 0 Å². The Bertz CT molecular complexity index is 452. The van der Waals surface area contributed by atoms with Crippen LogP contribution >= 0.6 is 11.6 Å². The molecule has 0 aromatic carbocycles. The molecule has 4 nitrogen and oxygen atoms in total. The third-order valence-electron chi connectivity index (χ3n) is 4.09. The number of hydrogen-bond acceptors (Lipinski definition) is 4. The van der Waals surface area contributed by atoms with Gasteiger partial charge in [0.05, 0.1) is 10.7 Å². The van der Waals surface area contributed by atoms with E-state index in [4.69, 9.17) is 11.6 Å². The Morgan fingerprint density at radius 2 is 2.29 bits per heavy atom. The Kier molecular flexibility index (Phi) is 6.27. The monoisotopic (exact) mass is 310 g/mol. The minimum atomic E-state index is 0.662. The topological polar surface area (TPSA) is 31.4 Å². The normalized spacial score (nSPS) is 19.4. The molecular weight excluding hydrogens is 284 g/mol. The summed E-state index contributed by atoms with van der Waals surface area (Å²) in [6.07, 6.45) is 3.69. The summed E-state index contributed by atoms with van der Waals surface area (Å²) in [5.74, 6) is 0.919. The van der Waals surface area contributed by atoms with Crippen LogP contribution in [-0.4, -0.2) is 54.6 Å². The molecule has 1 N–H and O–H groups in total. The second kappa shape index (κ2) is 7.97. The van der Waals surface area contributed by atoms with Crippen molar-refractivity contribution in [1.29, 1.82) is 0 Å². The Balaban J connectivity index is 1.94. The van der Waals surface area contributed by atoms with Gasteiger partial charge in [0.2, 0.25) is 0 Å². The summed E-state index contributed by atoms with van der Waals surface area (Å²) in [6.45, 7) is 6.17. The average molecular weight is 311 g/mol. The highest BCUT2D eigenvalue weighted by Gasteiger charge is 2.22. The Morgan fingerprint density at radius 1 is 1.48 bits per heavy atom. The lowest BCUT2D eigenvalue weighted by molar-refractivity contribution is 0.214. The lowest BCUT2D eigenvalue weighted by atomic mass is 10.2. The van der Waals surface area contributed by atoms with E-state index >= 15 is 0 Å². The zero-order valence-electron chi connectivity index (χ0n) is 13.4. The van der Waals surface area contributed by atoms with Crippen molar-refractivity contribution in [2.45, 2.75) is 38.8 Å². The highest BCUT2D eigenvalue weighted by Crippen LogP contribution is 2.20. The van der Waals surface area contributed by atoms with Crippen LogP contribution in [-0.2, 0) is 6.54 Å². The third-order valence-corrected chi connectivity index (χ3v) is 4.43. The van der Waals surface area contributed by atoms with Crippen molar-refractivity contribution in [3.63, 3.8) is 0 Å². The second-order valence-corrected chi connectivity index (χ2v) is 6.43. The SMILES string of the molecule is CCCNc1ccc(Cl)c(CN(C)CC2CCCN2C)n1. The van der Waals surface area contributed by atoms with E-state index in [1.54, 1.807) is 0 Å². The smallest absolute Gasteiger partial charge is 0.126 e. The minimum absolute atomic E-state index is 0.662.